The van der Waals surface area contributed by atoms with E-state index in [1.165, 1.54) is 0 Å². The number of carbonyl (C=O) groups excluding carboxylic acids is 4. The summed E-state index contributed by atoms with van der Waals surface area (Å²) < 4.78 is 6.39. The van der Waals surface area contributed by atoms with Gasteiger partial charge in [-0.1, -0.05) is 85.2 Å². The van der Waals surface area contributed by atoms with Gasteiger partial charge in [-0.15, -0.1) is 0 Å². The van der Waals surface area contributed by atoms with Crippen LogP contribution in [0.15, 0.2) is 71.2 Å². The van der Waals surface area contributed by atoms with E-state index in [2.05, 4.69) is 21.2 Å². The molecule has 1 N–H and O–H groups in total. The van der Waals surface area contributed by atoms with E-state index in [1.54, 1.807) is 6.07 Å². The molecular formula is C34H33BrN2O5. The normalized spacial score (nSPS) is 22.5. The van der Waals surface area contributed by atoms with E-state index in [1.807, 2.05) is 81.4 Å². The molecule has 1 fully saturated rings. The second-order valence-electron chi connectivity index (χ2n) is 11.8. The standard InChI is InChI=1S/C34H33BrN2O5/c1-4-19-16-20(35)13-14-25(19)36-27(38)17-42-34(41)26(15-18(2)3)37-32(39)30-28-21-9-5-6-10-22(21)29(31(30)33(37)40)24-12-8-7-11-23(24)28/h5-14,16,18,26,28-31H,4,15,17H2,1-3H3,(H,36,38)/t26-,28?,29?,30-,31+/m1/s1. The Morgan fingerprint density at radius 1 is 0.881 bits per heavy atom. The van der Waals surface area contributed by atoms with E-state index in [-0.39, 0.29) is 36.0 Å². The van der Waals surface area contributed by atoms with Crippen LogP contribution in [0.1, 0.15) is 66.8 Å². The molecule has 4 aliphatic rings. The molecule has 42 heavy (non-hydrogen) atoms. The van der Waals surface area contributed by atoms with Crippen LogP contribution >= 0.6 is 15.9 Å². The van der Waals surface area contributed by atoms with Gasteiger partial charge in [-0.2, -0.15) is 0 Å². The zero-order valence-corrected chi connectivity index (χ0v) is 25.4. The number of likely N-dealkylation sites (tertiary alicyclic amines) is 1. The van der Waals surface area contributed by atoms with Gasteiger partial charge in [-0.05, 0) is 64.8 Å². The van der Waals surface area contributed by atoms with Gasteiger partial charge in [-0.25, -0.2) is 4.79 Å². The monoisotopic (exact) mass is 628 g/mol. The Balaban J connectivity index is 1.26. The third-order valence-electron chi connectivity index (χ3n) is 8.83. The number of nitrogens with zero attached hydrogens (tertiary/aromatic N) is 1. The fourth-order valence-corrected chi connectivity index (χ4v) is 7.57. The number of nitrogens with one attached hydrogen (secondary N) is 1. The summed E-state index contributed by atoms with van der Waals surface area (Å²) in [5.74, 6) is -3.57. The van der Waals surface area contributed by atoms with Crippen molar-refractivity contribution >= 4 is 45.3 Å². The molecule has 8 heteroatoms. The quantitative estimate of drug-likeness (QED) is 0.251. The van der Waals surface area contributed by atoms with Crippen molar-refractivity contribution in [2.24, 2.45) is 17.8 Å². The maximum atomic E-state index is 14.2. The number of amides is 3. The highest BCUT2D eigenvalue weighted by Gasteiger charge is 2.63. The second-order valence-corrected chi connectivity index (χ2v) is 12.7. The fourth-order valence-electron chi connectivity index (χ4n) is 7.16. The molecule has 7 rings (SSSR count). The van der Waals surface area contributed by atoms with Crippen molar-refractivity contribution in [1.82, 2.24) is 4.90 Å². The smallest absolute Gasteiger partial charge is 0.329 e. The van der Waals surface area contributed by atoms with Crippen LogP contribution in [0.4, 0.5) is 5.69 Å². The molecule has 0 radical (unpaired) electrons. The number of rotatable bonds is 8. The summed E-state index contributed by atoms with van der Waals surface area (Å²) in [6.07, 6.45) is 0.960. The van der Waals surface area contributed by atoms with Crippen molar-refractivity contribution < 1.29 is 23.9 Å². The molecule has 1 aliphatic heterocycles. The van der Waals surface area contributed by atoms with Crippen LogP contribution in [0.2, 0.25) is 0 Å². The molecule has 0 aromatic heterocycles. The van der Waals surface area contributed by atoms with E-state index in [4.69, 9.17) is 4.74 Å². The largest absolute Gasteiger partial charge is 0.454 e. The molecule has 3 amide bonds. The lowest BCUT2D eigenvalue weighted by Gasteiger charge is -2.45. The number of anilines is 1. The van der Waals surface area contributed by atoms with E-state index in [0.29, 0.717) is 12.1 Å². The SMILES string of the molecule is CCc1cc(Br)ccc1NC(=O)COC(=O)[C@@H](CC(C)C)N1C(=O)[C@@H]2C3c4ccccc4C(c4ccccc43)[C@@H]2C1=O. The number of hydrogen-bond acceptors (Lipinski definition) is 5. The summed E-state index contributed by atoms with van der Waals surface area (Å²) >= 11 is 3.44. The number of benzene rings is 3. The number of imide groups is 1. The van der Waals surface area contributed by atoms with Crippen LogP contribution in [0.5, 0.6) is 0 Å². The minimum absolute atomic E-state index is 0.000555. The lowest BCUT2D eigenvalue weighted by Crippen LogP contribution is -2.47. The van der Waals surface area contributed by atoms with Gasteiger partial charge in [0.1, 0.15) is 6.04 Å². The van der Waals surface area contributed by atoms with Gasteiger partial charge in [0.15, 0.2) is 6.61 Å². The van der Waals surface area contributed by atoms with Gasteiger partial charge in [0.05, 0.1) is 11.8 Å². The Morgan fingerprint density at radius 2 is 1.40 bits per heavy atom. The van der Waals surface area contributed by atoms with E-state index in [9.17, 15) is 19.2 Å². The molecule has 216 valence electrons. The number of esters is 1. The number of ether oxygens (including phenoxy) is 1. The van der Waals surface area contributed by atoms with Crippen molar-refractivity contribution in [3.05, 3.63) is 99.0 Å². The Labute approximate surface area is 253 Å². The third-order valence-corrected chi connectivity index (χ3v) is 9.32. The van der Waals surface area contributed by atoms with Crippen molar-refractivity contribution in [2.45, 2.75) is 51.5 Å². The van der Waals surface area contributed by atoms with Gasteiger partial charge in [0, 0.05) is 22.0 Å². The summed E-state index contributed by atoms with van der Waals surface area (Å²) in [5.41, 5.74) is 5.88. The molecule has 3 aromatic rings. The molecular weight excluding hydrogens is 596 g/mol. The average molecular weight is 630 g/mol. The number of carbonyl (C=O) groups is 4. The van der Waals surface area contributed by atoms with Gasteiger partial charge >= 0.3 is 5.97 Å². The van der Waals surface area contributed by atoms with E-state index >= 15 is 0 Å². The molecule has 7 nitrogen and oxygen atoms in total. The summed E-state index contributed by atoms with van der Waals surface area (Å²) in [6.45, 7) is 5.33. The number of aryl methyl sites for hydroxylation is 1. The van der Waals surface area contributed by atoms with Crippen molar-refractivity contribution in [3.63, 3.8) is 0 Å². The first-order valence-electron chi connectivity index (χ1n) is 14.5. The van der Waals surface area contributed by atoms with Crippen LogP contribution in [-0.2, 0) is 30.3 Å². The summed E-state index contributed by atoms with van der Waals surface area (Å²) in [5, 5.41) is 2.81. The van der Waals surface area contributed by atoms with E-state index < -0.39 is 36.4 Å². The summed E-state index contributed by atoms with van der Waals surface area (Å²) in [6, 6.07) is 20.5. The summed E-state index contributed by atoms with van der Waals surface area (Å²) in [7, 11) is 0. The molecule has 3 aromatic carbocycles. The molecule has 3 atom stereocenters. The van der Waals surface area contributed by atoms with E-state index in [0.717, 1.165) is 37.2 Å². The predicted octanol–water partition coefficient (Wildman–Crippen LogP) is 5.80. The zero-order valence-electron chi connectivity index (χ0n) is 23.8. The first-order valence-corrected chi connectivity index (χ1v) is 15.3. The molecule has 2 bridgehead atoms. The van der Waals surface area contributed by atoms with Crippen molar-refractivity contribution in [2.75, 3.05) is 11.9 Å². The molecule has 3 aliphatic carbocycles. The predicted molar refractivity (Wildman–Crippen MR) is 162 cm³/mol. The topological polar surface area (TPSA) is 92.8 Å². The Morgan fingerprint density at radius 3 is 1.88 bits per heavy atom. The first-order chi connectivity index (χ1) is 20.2. The van der Waals surface area contributed by atoms with Gasteiger partial charge in [0.25, 0.3) is 5.91 Å². The highest BCUT2D eigenvalue weighted by molar-refractivity contribution is 9.10. The van der Waals surface area contributed by atoms with Crippen LogP contribution in [0, 0.1) is 17.8 Å². The highest BCUT2D eigenvalue weighted by atomic mass is 79.9. The fraction of sp³-hybridized carbons (Fsp3) is 0.353. The van der Waals surface area contributed by atoms with Crippen LogP contribution in [0.25, 0.3) is 0 Å². The van der Waals surface area contributed by atoms with Crippen molar-refractivity contribution in [1.29, 1.82) is 0 Å². The first kappa shape index (κ1) is 28.3. The summed E-state index contributed by atoms with van der Waals surface area (Å²) in [4.78, 5) is 55.8. The molecule has 1 heterocycles. The molecule has 0 saturated carbocycles. The maximum Gasteiger partial charge on any atom is 0.329 e. The van der Waals surface area contributed by atoms with Gasteiger partial charge in [0.2, 0.25) is 11.8 Å². The lowest BCUT2D eigenvalue weighted by molar-refractivity contribution is -0.160. The molecule has 0 spiro atoms. The van der Waals surface area contributed by atoms with Crippen molar-refractivity contribution in [3.8, 4) is 0 Å². The minimum Gasteiger partial charge on any atom is -0.454 e. The van der Waals surface area contributed by atoms with Crippen LogP contribution < -0.4 is 5.32 Å². The van der Waals surface area contributed by atoms with Gasteiger partial charge < -0.3 is 10.1 Å². The highest BCUT2D eigenvalue weighted by Crippen LogP contribution is 2.61. The third kappa shape index (κ3) is 4.66. The minimum atomic E-state index is -1.10. The Hall–Kier alpha value is -3.78. The van der Waals surface area contributed by atoms with Crippen LogP contribution in [-0.4, -0.2) is 41.2 Å². The number of halogens is 1. The van der Waals surface area contributed by atoms with Crippen LogP contribution in [0.3, 0.4) is 0 Å². The zero-order chi connectivity index (χ0) is 29.7. The molecule has 1 saturated heterocycles. The Kier molecular flexibility index (Phi) is 7.51. The second kappa shape index (κ2) is 11.1. The average Bonchev–Trinajstić information content (AvgIpc) is 3.25. The Bertz CT molecular complexity index is 1480. The molecule has 0 unspecified atom stereocenters. The van der Waals surface area contributed by atoms with Gasteiger partial charge in [-0.3, -0.25) is 19.3 Å². The lowest BCUT2D eigenvalue weighted by atomic mass is 9.55. The number of hydrogen-bond donors (Lipinski definition) is 1. The maximum absolute atomic E-state index is 14.2.